The van der Waals surface area contributed by atoms with Gasteiger partial charge in [-0.1, -0.05) is 31.5 Å². The molecule has 1 rings (SSSR count). The van der Waals surface area contributed by atoms with E-state index in [2.05, 4.69) is 5.32 Å². The summed E-state index contributed by atoms with van der Waals surface area (Å²) in [5.74, 6) is 0.257. The van der Waals surface area contributed by atoms with E-state index in [1.54, 1.807) is 11.0 Å². The zero-order valence-electron chi connectivity index (χ0n) is 13.1. The van der Waals surface area contributed by atoms with Crippen LogP contribution in [0.1, 0.15) is 32.8 Å². The van der Waals surface area contributed by atoms with Gasteiger partial charge in [0, 0.05) is 37.1 Å². The van der Waals surface area contributed by atoms with E-state index in [4.69, 9.17) is 11.6 Å². The molecule has 0 spiro atoms. The molecule has 4 nitrogen and oxygen atoms in total. The van der Waals surface area contributed by atoms with Crippen LogP contribution in [0.5, 0.6) is 0 Å². The molecule has 0 unspecified atom stereocenters. The summed E-state index contributed by atoms with van der Waals surface area (Å²) in [6.07, 6.45) is 0.276. The Hall–Kier alpha value is -1.55. The van der Waals surface area contributed by atoms with Crippen LogP contribution in [0.4, 0.5) is 5.69 Å². The Kier molecular flexibility index (Phi) is 6.69. The lowest BCUT2D eigenvalue weighted by atomic mass is 10.2. The Morgan fingerprint density at radius 2 is 2.00 bits per heavy atom. The van der Waals surface area contributed by atoms with Gasteiger partial charge in [0.15, 0.2) is 0 Å². The molecule has 1 aromatic rings. The highest BCUT2D eigenvalue weighted by molar-refractivity contribution is 6.31. The van der Waals surface area contributed by atoms with Crippen molar-refractivity contribution in [1.82, 2.24) is 4.90 Å². The second-order valence-corrected chi connectivity index (χ2v) is 6.03. The van der Waals surface area contributed by atoms with Crippen molar-refractivity contribution >= 4 is 29.1 Å². The van der Waals surface area contributed by atoms with Crippen molar-refractivity contribution in [2.24, 2.45) is 5.92 Å². The Morgan fingerprint density at radius 3 is 2.52 bits per heavy atom. The average molecular weight is 311 g/mol. The van der Waals surface area contributed by atoms with E-state index in [0.717, 1.165) is 5.56 Å². The van der Waals surface area contributed by atoms with Crippen molar-refractivity contribution < 1.29 is 9.59 Å². The number of anilines is 1. The second kappa shape index (κ2) is 8.03. The Morgan fingerprint density at radius 1 is 1.33 bits per heavy atom. The number of nitrogens with zero attached hydrogens (tertiary/aromatic N) is 1. The monoisotopic (exact) mass is 310 g/mol. The number of aryl methyl sites for hydroxylation is 1. The number of carbonyl (C=O) groups is 2. The molecule has 0 aliphatic heterocycles. The van der Waals surface area contributed by atoms with Gasteiger partial charge in [-0.2, -0.15) is 0 Å². The van der Waals surface area contributed by atoms with Crippen molar-refractivity contribution in [2.75, 3.05) is 18.4 Å². The van der Waals surface area contributed by atoms with Crippen LogP contribution >= 0.6 is 11.6 Å². The van der Waals surface area contributed by atoms with E-state index in [1.807, 2.05) is 32.9 Å². The van der Waals surface area contributed by atoms with Gasteiger partial charge in [0.1, 0.15) is 0 Å². The minimum atomic E-state index is -0.120. The van der Waals surface area contributed by atoms with Crippen molar-refractivity contribution in [3.05, 3.63) is 28.8 Å². The van der Waals surface area contributed by atoms with Gasteiger partial charge in [0.05, 0.1) is 0 Å². The fourth-order valence-electron chi connectivity index (χ4n) is 1.95. The van der Waals surface area contributed by atoms with Crippen molar-refractivity contribution in [3.8, 4) is 0 Å². The fourth-order valence-corrected chi connectivity index (χ4v) is 2.13. The largest absolute Gasteiger partial charge is 0.342 e. The summed E-state index contributed by atoms with van der Waals surface area (Å²) in [6.45, 7) is 8.62. The van der Waals surface area contributed by atoms with Gasteiger partial charge < -0.3 is 10.2 Å². The predicted molar refractivity (Wildman–Crippen MR) is 86.5 cm³/mol. The van der Waals surface area contributed by atoms with Crippen LogP contribution in [0.15, 0.2) is 18.2 Å². The summed E-state index contributed by atoms with van der Waals surface area (Å²) in [5, 5.41) is 3.42. The molecule has 0 fully saturated rings. The van der Waals surface area contributed by atoms with Gasteiger partial charge in [-0.3, -0.25) is 9.59 Å². The third kappa shape index (κ3) is 6.17. The van der Waals surface area contributed by atoms with Crippen LogP contribution in [-0.4, -0.2) is 29.8 Å². The summed E-state index contributed by atoms with van der Waals surface area (Å²) >= 11 is 6.02. The fraction of sp³-hybridized carbons (Fsp3) is 0.500. The van der Waals surface area contributed by atoms with Crippen LogP contribution < -0.4 is 5.32 Å². The molecule has 0 aliphatic rings. The average Bonchev–Trinajstić information content (AvgIpc) is 2.38. The lowest BCUT2D eigenvalue weighted by Gasteiger charge is -2.22. The maximum atomic E-state index is 11.9. The highest BCUT2D eigenvalue weighted by Crippen LogP contribution is 2.20. The molecule has 5 heteroatoms. The van der Waals surface area contributed by atoms with E-state index in [0.29, 0.717) is 29.7 Å². The predicted octanol–water partition coefficient (Wildman–Crippen LogP) is 3.48. The molecule has 0 saturated heterocycles. The molecule has 0 heterocycles. The molecule has 1 aromatic carbocycles. The molecule has 0 radical (unpaired) electrons. The maximum absolute atomic E-state index is 11.9. The number of hydrogen-bond donors (Lipinski definition) is 1. The van der Waals surface area contributed by atoms with E-state index >= 15 is 0 Å². The molecule has 0 aromatic heterocycles. The minimum Gasteiger partial charge on any atom is -0.342 e. The van der Waals surface area contributed by atoms with Gasteiger partial charge in [-0.05, 0) is 30.5 Å². The normalized spacial score (nSPS) is 10.6. The van der Waals surface area contributed by atoms with Crippen LogP contribution in [0.2, 0.25) is 5.02 Å². The molecule has 2 amide bonds. The standard InChI is InChI=1S/C16H23ClN2O2/c1-11(2)10-19(13(4)20)8-7-16(21)18-14-6-5-12(3)15(17)9-14/h5-6,9,11H,7-8,10H2,1-4H3,(H,18,21). The van der Waals surface area contributed by atoms with Gasteiger partial charge in [-0.25, -0.2) is 0 Å². The molecule has 1 N–H and O–H groups in total. The topological polar surface area (TPSA) is 49.4 Å². The molecule has 116 valence electrons. The van der Waals surface area contributed by atoms with Crippen LogP contribution in [-0.2, 0) is 9.59 Å². The number of halogens is 1. The minimum absolute atomic E-state index is 0.00474. The molecule has 0 aliphatic carbocycles. The first-order valence-electron chi connectivity index (χ1n) is 7.11. The van der Waals surface area contributed by atoms with E-state index in [1.165, 1.54) is 6.92 Å². The first kappa shape index (κ1) is 17.5. The molecule has 0 saturated carbocycles. The third-order valence-corrected chi connectivity index (χ3v) is 3.50. The number of nitrogens with one attached hydrogen (secondary N) is 1. The van der Waals surface area contributed by atoms with Gasteiger partial charge >= 0.3 is 0 Å². The van der Waals surface area contributed by atoms with E-state index in [-0.39, 0.29) is 18.2 Å². The summed E-state index contributed by atoms with van der Waals surface area (Å²) in [6, 6.07) is 5.40. The number of carbonyl (C=O) groups excluding carboxylic acids is 2. The Balaban J connectivity index is 2.52. The highest BCUT2D eigenvalue weighted by Gasteiger charge is 2.12. The molecule has 21 heavy (non-hydrogen) atoms. The van der Waals surface area contributed by atoms with E-state index < -0.39 is 0 Å². The Bertz CT molecular complexity index is 515. The SMILES string of the molecule is CC(=O)N(CCC(=O)Nc1ccc(C)c(Cl)c1)CC(C)C. The number of benzene rings is 1. The second-order valence-electron chi connectivity index (χ2n) is 5.62. The van der Waals surface area contributed by atoms with Crippen LogP contribution in [0.25, 0.3) is 0 Å². The number of hydrogen-bond acceptors (Lipinski definition) is 2. The van der Waals surface area contributed by atoms with Gasteiger partial charge in [0.25, 0.3) is 0 Å². The number of rotatable bonds is 6. The summed E-state index contributed by atoms with van der Waals surface area (Å²) in [7, 11) is 0. The molecule has 0 atom stereocenters. The van der Waals surface area contributed by atoms with Crippen LogP contribution in [0.3, 0.4) is 0 Å². The van der Waals surface area contributed by atoms with Crippen LogP contribution in [0, 0.1) is 12.8 Å². The summed E-state index contributed by atoms with van der Waals surface area (Å²) < 4.78 is 0. The zero-order chi connectivity index (χ0) is 16.0. The number of amides is 2. The maximum Gasteiger partial charge on any atom is 0.226 e. The van der Waals surface area contributed by atoms with E-state index in [9.17, 15) is 9.59 Å². The quantitative estimate of drug-likeness (QED) is 0.874. The first-order valence-corrected chi connectivity index (χ1v) is 7.49. The summed E-state index contributed by atoms with van der Waals surface area (Å²) in [5.41, 5.74) is 1.64. The lowest BCUT2D eigenvalue weighted by molar-refractivity contribution is -0.129. The third-order valence-electron chi connectivity index (χ3n) is 3.10. The molecule has 0 bridgehead atoms. The molecular weight excluding hydrogens is 288 g/mol. The van der Waals surface area contributed by atoms with Gasteiger partial charge in [-0.15, -0.1) is 0 Å². The zero-order valence-corrected chi connectivity index (χ0v) is 13.8. The lowest BCUT2D eigenvalue weighted by Crippen LogP contribution is -2.34. The van der Waals surface area contributed by atoms with Gasteiger partial charge in [0.2, 0.25) is 11.8 Å². The molecular formula is C16H23ClN2O2. The Labute approximate surface area is 131 Å². The highest BCUT2D eigenvalue weighted by atomic mass is 35.5. The first-order chi connectivity index (χ1) is 9.79. The van der Waals surface area contributed by atoms with Crippen molar-refractivity contribution in [1.29, 1.82) is 0 Å². The summed E-state index contributed by atoms with van der Waals surface area (Å²) in [4.78, 5) is 25.1. The van der Waals surface area contributed by atoms with Crippen molar-refractivity contribution in [2.45, 2.75) is 34.1 Å². The van der Waals surface area contributed by atoms with Crippen molar-refractivity contribution in [3.63, 3.8) is 0 Å². The smallest absolute Gasteiger partial charge is 0.226 e.